The lowest BCUT2D eigenvalue weighted by Gasteiger charge is -2.09. The van der Waals surface area contributed by atoms with Crippen LogP contribution in [0.5, 0.6) is 0 Å². The molecule has 1 aromatic carbocycles. The maximum absolute atomic E-state index is 2.34. The number of benzene rings is 1. The number of hydrogen-bond acceptors (Lipinski definition) is 0. The van der Waals surface area contributed by atoms with Gasteiger partial charge in [-0.05, 0) is 54.9 Å². The molecule has 0 aliphatic heterocycles. The van der Waals surface area contributed by atoms with E-state index in [4.69, 9.17) is 0 Å². The maximum Gasteiger partial charge on any atom is -0.0270 e. The largest absolute Gasteiger partial charge is 0.0683 e. The third-order valence-corrected chi connectivity index (χ3v) is 3.14. The molecule has 1 aliphatic rings. The molecule has 1 aliphatic carbocycles. The fraction of sp³-hybridized carbons (Fsp3) is 0.600. The van der Waals surface area contributed by atoms with E-state index in [1.165, 1.54) is 37.7 Å². The minimum atomic E-state index is 1.27. The summed E-state index contributed by atoms with van der Waals surface area (Å²) in [6.45, 7) is 8.51. The quantitative estimate of drug-likeness (QED) is 0.667. The number of hydrogen-bond donors (Lipinski definition) is 0. The lowest BCUT2D eigenvalue weighted by Crippen LogP contribution is -1.95. The van der Waals surface area contributed by atoms with Crippen molar-refractivity contribution in [3.05, 3.63) is 34.4 Å². The average molecular weight is 204 g/mol. The van der Waals surface area contributed by atoms with Crippen molar-refractivity contribution in [1.82, 2.24) is 0 Å². The molecule has 0 spiro atoms. The highest BCUT2D eigenvalue weighted by Crippen LogP contribution is 2.28. The third kappa shape index (κ3) is 2.62. The van der Waals surface area contributed by atoms with Crippen molar-refractivity contribution < 1.29 is 0 Å². The van der Waals surface area contributed by atoms with E-state index < -0.39 is 0 Å². The van der Waals surface area contributed by atoms with Crippen LogP contribution < -0.4 is 0 Å². The summed E-state index contributed by atoms with van der Waals surface area (Å²) in [6.07, 6.45) is 6.56. The Kier molecular flexibility index (Phi) is 4.87. The van der Waals surface area contributed by atoms with E-state index in [2.05, 4.69) is 26.0 Å². The molecule has 0 saturated heterocycles. The Morgan fingerprint density at radius 2 is 1.73 bits per heavy atom. The van der Waals surface area contributed by atoms with Crippen molar-refractivity contribution in [1.29, 1.82) is 0 Å². The summed E-state index contributed by atoms with van der Waals surface area (Å²) in [6, 6.07) is 4.64. The van der Waals surface area contributed by atoms with Gasteiger partial charge in [0.2, 0.25) is 0 Å². The number of aryl methyl sites for hydroxylation is 2. The molecule has 0 heteroatoms. The molecule has 0 heterocycles. The SMILES string of the molecule is CC.CCCc1ccc(C)c2c1CCC2. The van der Waals surface area contributed by atoms with Gasteiger partial charge in [0.15, 0.2) is 0 Å². The number of rotatable bonds is 2. The average Bonchev–Trinajstić information content (AvgIpc) is 2.75. The van der Waals surface area contributed by atoms with Crippen molar-refractivity contribution in [3.8, 4) is 0 Å². The Balaban J connectivity index is 0.000000531. The minimum absolute atomic E-state index is 1.27. The molecule has 0 bridgehead atoms. The Bertz CT molecular complexity index is 310. The summed E-state index contributed by atoms with van der Waals surface area (Å²) in [4.78, 5) is 0. The molecule has 84 valence electrons. The summed E-state index contributed by atoms with van der Waals surface area (Å²) >= 11 is 0. The molecule has 15 heavy (non-hydrogen) atoms. The van der Waals surface area contributed by atoms with Gasteiger partial charge in [-0.3, -0.25) is 0 Å². The second-order valence-electron chi connectivity index (χ2n) is 4.10. The van der Waals surface area contributed by atoms with Crippen LogP contribution in [0.25, 0.3) is 0 Å². The normalized spacial score (nSPS) is 13.1. The van der Waals surface area contributed by atoms with Crippen LogP contribution in [0.2, 0.25) is 0 Å². The van der Waals surface area contributed by atoms with Crippen LogP contribution in [-0.2, 0) is 19.3 Å². The van der Waals surface area contributed by atoms with E-state index in [1.54, 1.807) is 16.7 Å². The van der Waals surface area contributed by atoms with Gasteiger partial charge in [-0.15, -0.1) is 0 Å². The molecule has 0 unspecified atom stereocenters. The first-order valence-electron chi connectivity index (χ1n) is 6.43. The summed E-state index contributed by atoms with van der Waals surface area (Å²) in [5.41, 5.74) is 6.46. The highest BCUT2D eigenvalue weighted by Gasteiger charge is 2.15. The first-order chi connectivity index (χ1) is 7.33. The zero-order valence-electron chi connectivity index (χ0n) is 10.7. The molecular weight excluding hydrogens is 180 g/mol. The van der Waals surface area contributed by atoms with Gasteiger partial charge < -0.3 is 0 Å². The first-order valence-corrected chi connectivity index (χ1v) is 6.43. The van der Waals surface area contributed by atoms with E-state index in [1.807, 2.05) is 13.8 Å². The van der Waals surface area contributed by atoms with Gasteiger partial charge in [-0.2, -0.15) is 0 Å². The first kappa shape index (κ1) is 12.3. The standard InChI is InChI=1S/C13H18.C2H6/c1-3-5-11-9-8-10(2)12-6-4-7-13(11)12;1-2/h8-9H,3-7H2,1-2H3;1-2H3. The second-order valence-corrected chi connectivity index (χ2v) is 4.10. The summed E-state index contributed by atoms with van der Waals surface area (Å²) in [5.74, 6) is 0. The zero-order valence-corrected chi connectivity index (χ0v) is 10.7. The molecule has 0 nitrogen and oxygen atoms in total. The van der Waals surface area contributed by atoms with E-state index in [-0.39, 0.29) is 0 Å². The smallest absolute Gasteiger partial charge is 0.0270 e. The predicted octanol–water partition coefficient (Wildman–Crippen LogP) is 4.46. The van der Waals surface area contributed by atoms with Crippen LogP contribution >= 0.6 is 0 Å². The fourth-order valence-corrected chi connectivity index (χ4v) is 2.46. The van der Waals surface area contributed by atoms with Crippen LogP contribution in [0.15, 0.2) is 12.1 Å². The van der Waals surface area contributed by atoms with Gasteiger partial charge in [-0.25, -0.2) is 0 Å². The Morgan fingerprint density at radius 1 is 1.07 bits per heavy atom. The van der Waals surface area contributed by atoms with Gasteiger partial charge in [0, 0.05) is 0 Å². The maximum atomic E-state index is 2.34. The van der Waals surface area contributed by atoms with E-state index in [0.29, 0.717) is 0 Å². The molecule has 0 N–H and O–H groups in total. The van der Waals surface area contributed by atoms with Crippen LogP contribution in [-0.4, -0.2) is 0 Å². The molecule has 0 atom stereocenters. The van der Waals surface area contributed by atoms with E-state index >= 15 is 0 Å². The third-order valence-electron chi connectivity index (χ3n) is 3.14. The molecule has 0 fully saturated rings. The monoisotopic (exact) mass is 204 g/mol. The second kappa shape index (κ2) is 5.95. The van der Waals surface area contributed by atoms with Crippen molar-refractivity contribution in [2.24, 2.45) is 0 Å². The predicted molar refractivity (Wildman–Crippen MR) is 68.5 cm³/mol. The molecule has 0 amide bonds. The topological polar surface area (TPSA) is 0 Å². The van der Waals surface area contributed by atoms with Gasteiger partial charge >= 0.3 is 0 Å². The van der Waals surface area contributed by atoms with Gasteiger partial charge in [0.05, 0.1) is 0 Å². The highest BCUT2D eigenvalue weighted by atomic mass is 14.2. The van der Waals surface area contributed by atoms with Crippen LogP contribution in [0.3, 0.4) is 0 Å². The van der Waals surface area contributed by atoms with Crippen molar-refractivity contribution in [2.45, 2.75) is 59.8 Å². The lowest BCUT2D eigenvalue weighted by molar-refractivity contribution is 0.880. The summed E-state index contributed by atoms with van der Waals surface area (Å²) < 4.78 is 0. The van der Waals surface area contributed by atoms with Crippen molar-refractivity contribution >= 4 is 0 Å². The molecule has 0 saturated carbocycles. The Morgan fingerprint density at radius 3 is 2.40 bits per heavy atom. The molecule has 0 radical (unpaired) electrons. The lowest BCUT2D eigenvalue weighted by atomic mass is 9.96. The highest BCUT2D eigenvalue weighted by molar-refractivity contribution is 5.43. The molecule has 2 rings (SSSR count). The van der Waals surface area contributed by atoms with E-state index in [0.717, 1.165) is 0 Å². The van der Waals surface area contributed by atoms with Gasteiger partial charge in [-0.1, -0.05) is 39.3 Å². The minimum Gasteiger partial charge on any atom is -0.0683 e. The zero-order chi connectivity index (χ0) is 11.3. The van der Waals surface area contributed by atoms with E-state index in [9.17, 15) is 0 Å². The summed E-state index contributed by atoms with van der Waals surface area (Å²) in [5, 5.41) is 0. The molecular formula is C15H24. The van der Waals surface area contributed by atoms with Crippen molar-refractivity contribution in [2.75, 3.05) is 0 Å². The fourth-order valence-electron chi connectivity index (χ4n) is 2.46. The summed E-state index contributed by atoms with van der Waals surface area (Å²) in [7, 11) is 0. The number of fused-ring (bicyclic) bond motifs is 1. The van der Waals surface area contributed by atoms with Crippen molar-refractivity contribution in [3.63, 3.8) is 0 Å². The van der Waals surface area contributed by atoms with Gasteiger partial charge in [0.25, 0.3) is 0 Å². The Labute approximate surface area is 94.7 Å². The van der Waals surface area contributed by atoms with Crippen LogP contribution in [0.4, 0.5) is 0 Å². The molecule has 1 aromatic rings. The van der Waals surface area contributed by atoms with Crippen LogP contribution in [0, 0.1) is 6.92 Å². The van der Waals surface area contributed by atoms with Crippen LogP contribution in [0.1, 0.15) is 55.9 Å². The Hall–Kier alpha value is -0.780. The molecule has 0 aromatic heterocycles. The van der Waals surface area contributed by atoms with Gasteiger partial charge in [0.1, 0.15) is 0 Å².